The largest absolute Gasteiger partial charge is 0.399 e. The molecule has 0 atom stereocenters. The molecule has 0 aliphatic carbocycles. The summed E-state index contributed by atoms with van der Waals surface area (Å²) in [4.78, 5) is 0.812. The average Bonchev–Trinajstić information content (AvgIpc) is 2.89. The Balaban J connectivity index is 2.19. The Bertz CT molecular complexity index is 779. The topological polar surface area (TPSA) is 69.1 Å². The van der Waals surface area contributed by atoms with Gasteiger partial charge in [0.1, 0.15) is 5.01 Å². The second-order valence-electron chi connectivity index (χ2n) is 5.95. The molecule has 0 bridgehead atoms. The first-order valence-electron chi connectivity index (χ1n) is 6.45. The summed E-state index contributed by atoms with van der Waals surface area (Å²) in [5, 5.41) is 14.0. The van der Waals surface area contributed by atoms with Crippen molar-refractivity contribution in [3.8, 4) is 10.6 Å². The molecule has 2 N–H and O–H groups in total. The van der Waals surface area contributed by atoms with Crippen molar-refractivity contribution in [1.29, 1.82) is 0 Å². The van der Waals surface area contributed by atoms with E-state index in [4.69, 9.17) is 5.73 Å². The third-order valence-electron chi connectivity index (χ3n) is 3.15. The summed E-state index contributed by atoms with van der Waals surface area (Å²) in [6.07, 6.45) is 0. The van der Waals surface area contributed by atoms with Gasteiger partial charge in [-0.25, -0.2) is 0 Å². The maximum absolute atomic E-state index is 5.88. The van der Waals surface area contributed by atoms with Gasteiger partial charge >= 0.3 is 0 Å². The number of rotatable bonds is 1. The van der Waals surface area contributed by atoms with Crippen LogP contribution in [0.25, 0.3) is 15.5 Å². The standard InChI is InChI=1S/C14H17N5S/c1-8-5-6-9(15)7-10(8)11-18-19-12(14(2,3)4)16-17-13(19)20-11/h5-7H,15H2,1-4H3. The average molecular weight is 287 g/mol. The molecule has 104 valence electrons. The number of fused-ring (bicyclic) bond motifs is 1. The highest BCUT2D eigenvalue weighted by molar-refractivity contribution is 7.19. The first-order valence-corrected chi connectivity index (χ1v) is 7.27. The lowest BCUT2D eigenvalue weighted by Crippen LogP contribution is -2.16. The van der Waals surface area contributed by atoms with Crippen LogP contribution in [0.5, 0.6) is 0 Å². The zero-order valence-corrected chi connectivity index (χ0v) is 12.8. The Morgan fingerprint density at radius 3 is 2.65 bits per heavy atom. The van der Waals surface area contributed by atoms with Gasteiger partial charge in [0.2, 0.25) is 4.96 Å². The van der Waals surface area contributed by atoms with Crippen molar-refractivity contribution in [1.82, 2.24) is 19.8 Å². The molecular formula is C14H17N5S. The van der Waals surface area contributed by atoms with E-state index in [9.17, 15) is 0 Å². The summed E-state index contributed by atoms with van der Waals surface area (Å²) >= 11 is 1.53. The first kappa shape index (κ1) is 13.1. The number of nitrogens with zero attached hydrogens (tertiary/aromatic N) is 4. The van der Waals surface area contributed by atoms with Crippen molar-refractivity contribution in [2.75, 3.05) is 5.73 Å². The van der Waals surface area contributed by atoms with Gasteiger partial charge in [-0.2, -0.15) is 9.61 Å². The van der Waals surface area contributed by atoms with Crippen LogP contribution in [0, 0.1) is 6.92 Å². The predicted octanol–water partition coefficient (Wildman–Crippen LogP) is 3.04. The molecule has 1 aromatic carbocycles. The van der Waals surface area contributed by atoms with Crippen LogP contribution in [-0.4, -0.2) is 19.8 Å². The van der Waals surface area contributed by atoms with E-state index in [0.29, 0.717) is 0 Å². The molecule has 3 aromatic rings. The Morgan fingerprint density at radius 1 is 1.20 bits per heavy atom. The van der Waals surface area contributed by atoms with E-state index in [1.807, 2.05) is 22.7 Å². The van der Waals surface area contributed by atoms with Crippen LogP contribution in [0.1, 0.15) is 32.2 Å². The van der Waals surface area contributed by atoms with Crippen molar-refractivity contribution in [3.05, 3.63) is 29.6 Å². The summed E-state index contributed by atoms with van der Waals surface area (Å²) in [6.45, 7) is 8.37. The fourth-order valence-electron chi connectivity index (χ4n) is 2.06. The fourth-order valence-corrected chi connectivity index (χ4v) is 2.98. The van der Waals surface area contributed by atoms with Crippen LogP contribution in [0.2, 0.25) is 0 Å². The minimum atomic E-state index is -0.0878. The van der Waals surface area contributed by atoms with Crippen LogP contribution in [0.4, 0.5) is 5.69 Å². The Kier molecular flexibility index (Phi) is 2.79. The van der Waals surface area contributed by atoms with Gasteiger partial charge in [-0.15, -0.1) is 10.2 Å². The first-order chi connectivity index (χ1) is 9.36. The lowest BCUT2D eigenvalue weighted by Gasteiger charge is -2.13. The zero-order valence-electron chi connectivity index (χ0n) is 12.0. The molecule has 3 rings (SSSR count). The van der Waals surface area contributed by atoms with Gasteiger partial charge in [0.05, 0.1) is 0 Å². The second-order valence-corrected chi connectivity index (χ2v) is 6.91. The van der Waals surface area contributed by atoms with Crippen LogP contribution in [0.15, 0.2) is 18.2 Å². The SMILES string of the molecule is Cc1ccc(N)cc1-c1nn2c(C(C)(C)C)nnc2s1. The number of benzene rings is 1. The van der Waals surface area contributed by atoms with E-state index < -0.39 is 0 Å². The molecule has 0 saturated heterocycles. The molecule has 0 saturated carbocycles. The minimum Gasteiger partial charge on any atom is -0.399 e. The monoisotopic (exact) mass is 287 g/mol. The number of aryl methyl sites for hydroxylation is 1. The predicted molar refractivity (Wildman–Crippen MR) is 81.9 cm³/mol. The molecule has 2 heterocycles. The molecule has 2 aromatic heterocycles. The highest BCUT2D eigenvalue weighted by Gasteiger charge is 2.23. The summed E-state index contributed by atoms with van der Waals surface area (Å²) in [6, 6.07) is 5.87. The summed E-state index contributed by atoms with van der Waals surface area (Å²) < 4.78 is 1.84. The van der Waals surface area contributed by atoms with Gasteiger partial charge < -0.3 is 5.73 Å². The third kappa shape index (κ3) is 2.06. The van der Waals surface area contributed by atoms with E-state index in [1.165, 1.54) is 11.3 Å². The molecule has 0 aliphatic heterocycles. The molecule has 0 fully saturated rings. The number of nitrogen functional groups attached to an aromatic ring is 1. The Labute approximate surface area is 121 Å². The molecule has 0 unspecified atom stereocenters. The summed E-state index contributed by atoms with van der Waals surface area (Å²) in [5.74, 6) is 0.872. The van der Waals surface area contributed by atoms with Crippen LogP contribution in [-0.2, 0) is 5.41 Å². The molecule has 0 radical (unpaired) electrons. The molecule has 0 aliphatic rings. The van der Waals surface area contributed by atoms with Gasteiger partial charge in [0, 0.05) is 16.7 Å². The normalized spacial score (nSPS) is 12.2. The smallest absolute Gasteiger partial charge is 0.235 e. The highest BCUT2D eigenvalue weighted by atomic mass is 32.1. The summed E-state index contributed by atoms with van der Waals surface area (Å²) in [7, 11) is 0. The van der Waals surface area contributed by atoms with Crippen molar-refractivity contribution < 1.29 is 0 Å². The number of aromatic nitrogens is 4. The van der Waals surface area contributed by atoms with Gasteiger partial charge in [0.15, 0.2) is 5.82 Å². The van der Waals surface area contributed by atoms with E-state index in [0.717, 1.165) is 32.6 Å². The fraction of sp³-hybridized carbons (Fsp3) is 0.357. The molecule has 6 heteroatoms. The molecular weight excluding hydrogens is 270 g/mol. The van der Waals surface area contributed by atoms with E-state index in [2.05, 4.69) is 43.0 Å². The minimum absolute atomic E-state index is 0.0878. The maximum atomic E-state index is 5.88. The van der Waals surface area contributed by atoms with Gasteiger partial charge in [-0.1, -0.05) is 38.2 Å². The van der Waals surface area contributed by atoms with Crippen molar-refractivity contribution in [2.24, 2.45) is 0 Å². The summed E-state index contributed by atoms with van der Waals surface area (Å²) in [5.41, 5.74) is 8.74. The van der Waals surface area contributed by atoms with E-state index in [-0.39, 0.29) is 5.41 Å². The molecule has 20 heavy (non-hydrogen) atoms. The number of anilines is 1. The maximum Gasteiger partial charge on any atom is 0.235 e. The Hall–Kier alpha value is -1.95. The van der Waals surface area contributed by atoms with Crippen molar-refractivity contribution in [2.45, 2.75) is 33.1 Å². The van der Waals surface area contributed by atoms with Gasteiger partial charge in [-0.3, -0.25) is 0 Å². The highest BCUT2D eigenvalue weighted by Crippen LogP contribution is 2.31. The molecule has 0 amide bonds. The van der Waals surface area contributed by atoms with Crippen LogP contribution >= 0.6 is 11.3 Å². The van der Waals surface area contributed by atoms with Gasteiger partial charge in [0.25, 0.3) is 0 Å². The number of hydrogen-bond acceptors (Lipinski definition) is 5. The van der Waals surface area contributed by atoms with Crippen LogP contribution < -0.4 is 5.73 Å². The van der Waals surface area contributed by atoms with Gasteiger partial charge in [-0.05, 0) is 24.6 Å². The van der Waals surface area contributed by atoms with Crippen LogP contribution in [0.3, 0.4) is 0 Å². The zero-order chi connectivity index (χ0) is 14.5. The van der Waals surface area contributed by atoms with E-state index in [1.54, 1.807) is 0 Å². The second kappa shape index (κ2) is 4.28. The molecule has 0 spiro atoms. The van der Waals surface area contributed by atoms with Crippen molar-refractivity contribution >= 4 is 22.0 Å². The Morgan fingerprint density at radius 2 is 1.95 bits per heavy atom. The lowest BCUT2D eigenvalue weighted by molar-refractivity contribution is 0.528. The number of hydrogen-bond donors (Lipinski definition) is 1. The van der Waals surface area contributed by atoms with E-state index >= 15 is 0 Å². The third-order valence-corrected chi connectivity index (χ3v) is 4.09. The molecule has 5 nitrogen and oxygen atoms in total. The van der Waals surface area contributed by atoms with Crippen molar-refractivity contribution in [3.63, 3.8) is 0 Å². The quantitative estimate of drug-likeness (QED) is 0.698. The number of nitrogens with two attached hydrogens (primary N) is 1. The lowest BCUT2D eigenvalue weighted by atomic mass is 9.96.